The number of benzene rings is 1. The average Bonchev–Trinajstić information content (AvgIpc) is 3.02. The summed E-state index contributed by atoms with van der Waals surface area (Å²) >= 11 is 0. The Morgan fingerprint density at radius 3 is 3.13 bits per heavy atom. The molecule has 1 aromatic rings. The number of epoxide rings is 1. The van der Waals surface area contributed by atoms with Gasteiger partial charge in [0, 0.05) is 19.6 Å². The molecule has 1 fully saturated rings. The van der Waals surface area contributed by atoms with Gasteiger partial charge in [0.1, 0.15) is 0 Å². The van der Waals surface area contributed by atoms with Gasteiger partial charge in [-0.25, -0.2) is 0 Å². The summed E-state index contributed by atoms with van der Waals surface area (Å²) in [6, 6.07) is 6.66. The molecule has 0 saturated carbocycles. The highest BCUT2D eigenvalue weighted by Crippen LogP contribution is 2.23. The lowest BCUT2D eigenvalue weighted by Crippen LogP contribution is -2.33. The van der Waals surface area contributed by atoms with Crippen LogP contribution in [0.5, 0.6) is 0 Å². The van der Waals surface area contributed by atoms with Crippen molar-refractivity contribution in [3.05, 3.63) is 34.9 Å². The smallest absolute Gasteiger partial charge is 0.0936 e. The molecule has 3 rings (SSSR count). The van der Waals surface area contributed by atoms with Crippen LogP contribution < -0.4 is 0 Å². The molecule has 2 heterocycles. The molecule has 2 nitrogen and oxygen atoms in total. The van der Waals surface area contributed by atoms with Crippen molar-refractivity contribution >= 4 is 0 Å². The Morgan fingerprint density at radius 2 is 2.33 bits per heavy atom. The van der Waals surface area contributed by atoms with Crippen LogP contribution in [0.15, 0.2) is 18.2 Å². The van der Waals surface area contributed by atoms with E-state index < -0.39 is 0 Å². The molecule has 0 unspecified atom stereocenters. The van der Waals surface area contributed by atoms with E-state index in [1.54, 1.807) is 5.56 Å². The molecule has 0 bridgehead atoms. The van der Waals surface area contributed by atoms with Gasteiger partial charge >= 0.3 is 0 Å². The van der Waals surface area contributed by atoms with Crippen LogP contribution in [-0.4, -0.2) is 30.7 Å². The summed E-state index contributed by atoms with van der Waals surface area (Å²) in [5, 5.41) is 0. The monoisotopic (exact) mass is 203 g/mol. The number of aryl methyl sites for hydroxylation is 1. The minimum Gasteiger partial charge on any atom is -0.372 e. The quantitative estimate of drug-likeness (QED) is 0.681. The fourth-order valence-electron chi connectivity index (χ4n) is 2.48. The number of rotatable bonds is 2. The third kappa shape index (κ3) is 1.92. The Hall–Kier alpha value is -0.860. The molecule has 1 aromatic carbocycles. The van der Waals surface area contributed by atoms with Crippen LogP contribution in [0.4, 0.5) is 0 Å². The van der Waals surface area contributed by atoms with E-state index in [-0.39, 0.29) is 0 Å². The van der Waals surface area contributed by atoms with Crippen LogP contribution in [0, 0.1) is 6.92 Å². The zero-order valence-electron chi connectivity index (χ0n) is 9.20. The second-order valence-electron chi connectivity index (χ2n) is 4.65. The lowest BCUT2D eigenvalue weighted by molar-refractivity contribution is 0.226. The first kappa shape index (κ1) is 9.37. The van der Waals surface area contributed by atoms with Gasteiger partial charge in [-0.05, 0) is 30.0 Å². The van der Waals surface area contributed by atoms with E-state index in [2.05, 4.69) is 30.0 Å². The molecule has 0 aliphatic carbocycles. The summed E-state index contributed by atoms with van der Waals surface area (Å²) in [5.41, 5.74) is 4.54. The molecule has 1 atom stereocenters. The SMILES string of the molecule is Cc1cccc2c1CCN(C[C@@H]1CO1)C2. The topological polar surface area (TPSA) is 15.8 Å². The summed E-state index contributed by atoms with van der Waals surface area (Å²) in [7, 11) is 0. The molecule has 2 aliphatic rings. The molecule has 0 radical (unpaired) electrons. The summed E-state index contributed by atoms with van der Waals surface area (Å²) in [6.07, 6.45) is 1.73. The van der Waals surface area contributed by atoms with Gasteiger partial charge in [0.15, 0.2) is 0 Å². The third-order valence-electron chi connectivity index (χ3n) is 3.44. The Kier molecular flexibility index (Phi) is 2.26. The van der Waals surface area contributed by atoms with Crippen molar-refractivity contribution in [2.75, 3.05) is 19.7 Å². The molecule has 0 amide bonds. The first-order valence-electron chi connectivity index (χ1n) is 5.74. The molecule has 80 valence electrons. The van der Waals surface area contributed by atoms with Gasteiger partial charge in [0.2, 0.25) is 0 Å². The zero-order valence-corrected chi connectivity index (χ0v) is 9.20. The highest BCUT2D eigenvalue weighted by Gasteiger charge is 2.27. The summed E-state index contributed by atoms with van der Waals surface area (Å²) in [6.45, 7) is 6.61. The van der Waals surface area contributed by atoms with E-state index in [1.807, 2.05) is 0 Å². The molecule has 2 aliphatic heterocycles. The summed E-state index contributed by atoms with van der Waals surface area (Å²) in [5.74, 6) is 0. The fourth-order valence-corrected chi connectivity index (χ4v) is 2.48. The predicted octanol–water partition coefficient (Wildman–Crippen LogP) is 1.75. The van der Waals surface area contributed by atoms with Crippen molar-refractivity contribution in [3.8, 4) is 0 Å². The van der Waals surface area contributed by atoms with Crippen LogP contribution in [0.2, 0.25) is 0 Å². The van der Waals surface area contributed by atoms with Gasteiger partial charge in [0.25, 0.3) is 0 Å². The minimum atomic E-state index is 0.524. The Bertz CT molecular complexity index is 371. The van der Waals surface area contributed by atoms with E-state index in [9.17, 15) is 0 Å². The van der Waals surface area contributed by atoms with Crippen LogP contribution in [-0.2, 0) is 17.7 Å². The highest BCUT2D eigenvalue weighted by atomic mass is 16.6. The maximum Gasteiger partial charge on any atom is 0.0936 e. The maximum absolute atomic E-state index is 5.28. The number of hydrogen-bond acceptors (Lipinski definition) is 2. The van der Waals surface area contributed by atoms with Crippen molar-refractivity contribution in [2.24, 2.45) is 0 Å². The average molecular weight is 203 g/mol. The van der Waals surface area contributed by atoms with Crippen LogP contribution >= 0.6 is 0 Å². The number of nitrogens with zero attached hydrogens (tertiary/aromatic N) is 1. The standard InChI is InChI=1S/C13H17NO/c1-10-3-2-4-11-7-14(6-5-13(10)11)8-12-9-15-12/h2-4,12H,5-9H2,1H3/t12-/m1/s1. The van der Waals surface area contributed by atoms with Crippen LogP contribution in [0.25, 0.3) is 0 Å². The van der Waals surface area contributed by atoms with Crippen LogP contribution in [0.1, 0.15) is 16.7 Å². The van der Waals surface area contributed by atoms with Gasteiger partial charge in [-0.15, -0.1) is 0 Å². The second-order valence-corrected chi connectivity index (χ2v) is 4.65. The molecule has 0 aromatic heterocycles. The maximum atomic E-state index is 5.28. The van der Waals surface area contributed by atoms with Gasteiger partial charge in [0.05, 0.1) is 12.7 Å². The molecule has 15 heavy (non-hydrogen) atoms. The Morgan fingerprint density at radius 1 is 1.47 bits per heavy atom. The number of ether oxygens (including phenoxy) is 1. The van der Waals surface area contributed by atoms with Crippen molar-refractivity contribution in [1.82, 2.24) is 4.90 Å². The van der Waals surface area contributed by atoms with Gasteiger partial charge in [-0.3, -0.25) is 4.90 Å². The largest absolute Gasteiger partial charge is 0.372 e. The lowest BCUT2D eigenvalue weighted by atomic mass is 9.95. The van der Waals surface area contributed by atoms with Crippen molar-refractivity contribution in [3.63, 3.8) is 0 Å². The van der Waals surface area contributed by atoms with E-state index in [4.69, 9.17) is 4.74 Å². The molecular formula is C13H17NO. The van der Waals surface area contributed by atoms with Gasteiger partial charge < -0.3 is 4.74 Å². The van der Waals surface area contributed by atoms with Crippen molar-refractivity contribution < 1.29 is 4.74 Å². The lowest BCUT2D eigenvalue weighted by Gasteiger charge is -2.29. The predicted molar refractivity (Wildman–Crippen MR) is 59.9 cm³/mol. The Balaban J connectivity index is 1.77. The third-order valence-corrected chi connectivity index (χ3v) is 3.44. The molecule has 2 heteroatoms. The molecule has 0 spiro atoms. The van der Waals surface area contributed by atoms with E-state index in [1.165, 1.54) is 24.1 Å². The summed E-state index contributed by atoms with van der Waals surface area (Å²) < 4.78 is 5.28. The first-order chi connectivity index (χ1) is 7.33. The summed E-state index contributed by atoms with van der Waals surface area (Å²) in [4.78, 5) is 2.51. The normalized spacial score (nSPS) is 25.0. The first-order valence-corrected chi connectivity index (χ1v) is 5.74. The van der Waals surface area contributed by atoms with E-state index in [0.717, 1.165) is 19.7 Å². The van der Waals surface area contributed by atoms with E-state index in [0.29, 0.717) is 6.10 Å². The second kappa shape index (κ2) is 3.62. The van der Waals surface area contributed by atoms with Gasteiger partial charge in [-0.2, -0.15) is 0 Å². The van der Waals surface area contributed by atoms with Crippen molar-refractivity contribution in [2.45, 2.75) is 26.0 Å². The highest BCUT2D eigenvalue weighted by molar-refractivity contribution is 5.36. The van der Waals surface area contributed by atoms with Crippen molar-refractivity contribution in [1.29, 1.82) is 0 Å². The number of fused-ring (bicyclic) bond motifs is 1. The Labute approximate surface area is 90.8 Å². The van der Waals surface area contributed by atoms with E-state index >= 15 is 0 Å². The number of hydrogen-bond donors (Lipinski definition) is 0. The fraction of sp³-hybridized carbons (Fsp3) is 0.538. The van der Waals surface area contributed by atoms with Crippen LogP contribution in [0.3, 0.4) is 0 Å². The van der Waals surface area contributed by atoms with Gasteiger partial charge in [-0.1, -0.05) is 18.2 Å². The molecule has 0 N–H and O–H groups in total. The molecular weight excluding hydrogens is 186 g/mol. The molecule has 1 saturated heterocycles. The minimum absolute atomic E-state index is 0.524. The zero-order chi connectivity index (χ0) is 10.3.